The van der Waals surface area contributed by atoms with Crippen molar-refractivity contribution < 1.29 is 4.74 Å². The number of aromatic nitrogens is 3. The van der Waals surface area contributed by atoms with Gasteiger partial charge in [-0.2, -0.15) is 0 Å². The van der Waals surface area contributed by atoms with Gasteiger partial charge < -0.3 is 4.74 Å². The Morgan fingerprint density at radius 2 is 2.17 bits per heavy atom. The van der Waals surface area contributed by atoms with Crippen LogP contribution in [0.15, 0.2) is 18.6 Å². The van der Waals surface area contributed by atoms with Crippen LogP contribution in [0.3, 0.4) is 0 Å². The van der Waals surface area contributed by atoms with Crippen LogP contribution in [-0.2, 0) is 10.2 Å². The molecule has 2 aromatic rings. The van der Waals surface area contributed by atoms with Crippen LogP contribution < -0.4 is 0 Å². The average Bonchev–Trinajstić information content (AvgIpc) is 3.00. The molecule has 4 heterocycles. The lowest BCUT2D eigenvalue weighted by molar-refractivity contribution is 0.0859. The summed E-state index contributed by atoms with van der Waals surface area (Å²) in [6.07, 6.45) is 10.1. The van der Waals surface area contributed by atoms with Crippen LogP contribution in [0.2, 0.25) is 0 Å². The summed E-state index contributed by atoms with van der Waals surface area (Å²) in [5.41, 5.74) is 2.15. The molecule has 2 aliphatic heterocycles. The minimum absolute atomic E-state index is 0.0587. The standard InChI is InChI=1S/C14H17N3O/c1-9-8-17-10(6-15-9)7-16-13(17)14(2)5-11-3-4-12(14)18-11/h6-8,11-12H,3-5H2,1-2H3/t11-,12+,14-/m0/s1. The summed E-state index contributed by atoms with van der Waals surface area (Å²) in [6.45, 7) is 4.31. The molecule has 0 aliphatic carbocycles. The predicted molar refractivity (Wildman–Crippen MR) is 67.6 cm³/mol. The van der Waals surface area contributed by atoms with Gasteiger partial charge in [0.25, 0.3) is 0 Å². The van der Waals surface area contributed by atoms with Crippen LogP contribution in [-0.4, -0.2) is 26.6 Å². The van der Waals surface area contributed by atoms with E-state index in [1.807, 2.05) is 19.3 Å². The molecule has 4 nitrogen and oxygen atoms in total. The molecular weight excluding hydrogens is 226 g/mol. The Labute approximate surface area is 106 Å². The monoisotopic (exact) mass is 243 g/mol. The van der Waals surface area contributed by atoms with E-state index >= 15 is 0 Å². The van der Waals surface area contributed by atoms with Crippen molar-refractivity contribution in [2.75, 3.05) is 0 Å². The summed E-state index contributed by atoms with van der Waals surface area (Å²) < 4.78 is 8.21. The highest BCUT2D eigenvalue weighted by molar-refractivity contribution is 5.45. The summed E-state index contributed by atoms with van der Waals surface area (Å²) in [5, 5.41) is 0. The number of hydrogen-bond acceptors (Lipinski definition) is 3. The van der Waals surface area contributed by atoms with E-state index in [1.54, 1.807) is 0 Å². The van der Waals surface area contributed by atoms with E-state index in [-0.39, 0.29) is 5.41 Å². The van der Waals surface area contributed by atoms with Crippen LogP contribution in [0, 0.1) is 6.92 Å². The highest BCUT2D eigenvalue weighted by Gasteiger charge is 2.52. The summed E-state index contributed by atoms with van der Waals surface area (Å²) >= 11 is 0. The largest absolute Gasteiger partial charge is 0.374 e. The Bertz CT molecular complexity index is 621. The van der Waals surface area contributed by atoms with Gasteiger partial charge in [-0.05, 0) is 33.1 Å². The van der Waals surface area contributed by atoms with Crippen molar-refractivity contribution >= 4 is 5.52 Å². The maximum atomic E-state index is 6.02. The first-order chi connectivity index (χ1) is 8.67. The minimum Gasteiger partial charge on any atom is -0.374 e. The lowest BCUT2D eigenvalue weighted by Gasteiger charge is -2.29. The van der Waals surface area contributed by atoms with E-state index in [1.165, 1.54) is 12.8 Å². The third-order valence-corrected chi connectivity index (χ3v) is 4.52. The molecule has 0 unspecified atom stereocenters. The van der Waals surface area contributed by atoms with E-state index in [0.29, 0.717) is 12.2 Å². The molecule has 2 aliphatic rings. The zero-order chi connectivity index (χ0) is 12.3. The van der Waals surface area contributed by atoms with Crippen molar-refractivity contribution in [3.63, 3.8) is 0 Å². The van der Waals surface area contributed by atoms with Gasteiger partial charge in [-0.3, -0.25) is 9.38 Å². The van der Waals surface area contributed by atoms with Crippen molar-refractivity contribution in [1.29, 1.82) is 0 Å². The smallest absolute Gasteiger partial charge is 0.122 e. The Kier molecular flexibility index (Phi) is 1.94. The fourth-order valence-electron chi connectivity index (χ4n) is 3.58. The van der Waals surface area contributed by atoms with Gasteiger partial charge in [0.2, 0.25) is 0 Å². The fraction of sp³-hybridized carbons (Fsp3) is 0.571. The molecule has 2 aromatic heterocycles. The van der Waals surface area contributed by atoms with Gasteiger partial charge in [0.05, 0.1) is 41.2 Å². The van der Waals surface area contributed by atoms with Crippen molar-refractivity contribution in [2.45, 2.75) is 50.7 Å². The molecule has 4 heteroatoms. The van der Waals surface area contributed by atoms with Crippen LogP contribution in [0.25, 0.3) is 5.52 Å². The third-order valence-electron chi connectivity index (χ3n) is 4.52. The summed E-state index contributed by atoms with van der Waals surface area (Å²) in [6, 6.07) is 0. The van der Waals surface area contributed by atoms with E-state index < -0.39 is 0 Å². The molecule has 0 amide bonds. The second-order valence-corrected chi connectivity index (χ2v) is 5.85. The van der Waals surface area contributed by atoms with Gasteiger partial charge in [-0.1, -0.05) is 0 Å². The number of ether oxygens (including phenoxy) is 1. The Morgan fingerprint density at radius 3 is 2.89 bits per heavy atom. The predicted octanol–water partition coefficient (Wildman–Crippen LogP) is 2.25. The number of aryl methyl sites for hydroxylation is 1. The Hall–Kier alpha value is -1.42. The second kappa shape index (κ2) is 3.32. The van der Waals surface area contributed by atoms with Crippen LogP contribution in [0.1, 0.15) is 37.7 Å². The van der Waals surface area contributed by atoms with E-state index in [2.05, 4.69) is 27.5 Å². The molecule has 2 fully saturated rings. The molecule has 0 aromatic carbocycles. The van der Waals surface area contributed by atoms with Crippen molar-refractivity contribution in [1.82, 2.24) is 14.4 Å². The number of imidazole rings is 1. The lowest BCUT2D eigenvalue weighted by Crippen LogP contribution is -2.35. The topological polar surface area (TPSA) is 39.4 Å². The average molecular weight is 243 g/mol. The number of fused-ring (bicyclic) bond motifs is 3. The van der Waals surface area contributed by atoms with Crippen LogP contribution >= 0.6 is 0 Å². The zero-order valence-corrected chi connectivity index (χ0v) is 10.8. The quantitative estimate of drug-likeness (QED) is 0.771. The number of rotatable bonds is 1. The first kappa shape index (κ1) is 10.5. The van der Waals surface area contributed by atoms with E-state index in [0.717, 1.165) is 23.5 Å². The zero-order valence-electron chi connectivity index (χ0n) is 10.8. The van der Waals surface area contributed by atoms with Crippen molar-refractivity contribution in [3.8, 4) is 0 Å². The molecule has 3 atom stereocenters. The molecule has 0 radical (unpaired) electrons. The Morgan fingerprint density at radius 1 is 1.33 bits per heavy atom. The van der Waals surface area contributed by atoms with Crippen LogP contribution in [0.4, 0.5) is 0 Å². The van der Waals surface area contributed by atoms with Crippen molar-refractivity contribution in [3.05, 3.63) is 30.1 Å². The normalized spacial score (nSPS) is 34.6. The highest BCUT2D eigenvalue weighted by Crippen LogP contribution is 2.48. The highest BCUT2D eigenvalue weighted by atomic mass is 16.5. The van der Waals surface area contributed by atoms with Gasteiger partial charge >= 0.3 is 0 Å². The van der Waals surface area contributed by atoms with Crippen molar-refractivity contribution in [2.24, 2.45) is 0 Å². The molecule has 0 saturated carbocycles. The molecule has 4 rings (SSSR count). The maximum absolute atomic E-state index is 6.02. The van der Waals surface area contributed by atoms with Crippen LogP contribution in [0.5, 0.6) is 0 Å². The SMILES string of the molecule is Cc1cn2c([C@@]3(C)C[C@@H]4CC[C@H]3O4)ncc2cn1. The van der Waals surface area contributed by atoms with Gasteiger partial charge in [0.15, 0.2) is 0 Å². The van der Waals surface area contributed by atoms with Gasteiger partial charge in [0.1, 0.15) is 5.82 Å². The molecule has 94 valence electrons. The second-order valence-electron chi connectivity index (χ2n) is 5.85. The number of hydrogen-bond donors (Lipinski definition) is 0. The first-order valence-corrected chi connectivity index (χ1v) is 6.62. The maximum Gasteiger partial charge on any atom is 0.122 e. The molecular formula is C14H17N3O. The molecule has 2 bridgehead atoms. The van der Waals surface area contributed by atoms with Gasteiger partial charge in [-0.15, -0.1) is 0 Å². The molecule has 0 N–H and O–H groups in total. The minimum atomic E-state index is 0.0587. The Balaban J connectivity index is 1.90. The molecule has 0 spiro atoms. The lowest BCUT2D eigenvalue weighted by atomic mass is 9.75. The molecule has 18 heavy (non-hydrogen) atoms. The van der Waals surface area contributed by atoms with Gasteiger partial charge in [0, 0.05) is 6.20 Å². The summed E-state index contributed by atoms with van der Waals surface area (Å²) in [7, 11) is 0. The van der Waals surface area contributed by atoms with Gasteiger partial charge in [-0.25, -0.2) is 4.98 Å². The summed E-state index contributed by atoms with van der Waals surface area (Å²) in [4.78, 5) is 8.98. The van der Waals surface area contributed by atoms with E-state index in [4.69, 9.17) is 4.74 Å². The summed E-state index contributed by atoms with van der Waals surface area (Å²) in [5.74, 6) is 1.13. The first-order valence-electron chi connectivity index (χ1n) is 6.62. The molecule has 2 saturated heterocycles. The fourth-order valence-corrected chi connectivity index (χ4v) is 3.58. The third kappa shape index (κ3) is 1.24. The number of nitrogens with zero attached hydrogens (tertiary/aromatic N) is 3. The van der Waals surface area contributed by atoms with E-state index in [9.17, 15) is 0 Å².